The van der Waals surface area contributed by atoms with Crippen LogP contribution in [0.2, 0.25) is 0 Å². The molecule has 0 radical (unpaired) electrons. The molecule has 1 aromatic carbocycles. The monoisotopic (exact) mass is 211 g/mol. The average Bonchev–Trinajstić information content (AvgIpc) is 2.28. The Kier molecular flexibility index (Phi) is 3.38. The quantitative estimate of drug-likeness (QED) is 0.598. The van der Waals surface area contributed by atoms with Crippen molar-refractivity contribution in [3.05, 3.63) is 17.7 Å². The molecule has 0 aliphatic carbocycles. The zero-order valence-corrected chi connectivity index (χ0v) is 8.87. The summed E-state index contributed by atoms with van der Waals surface area (Å²) in [6.07, 6.45) is 0. The molecular weight excluding hydrogens is 198 g/mol. The molecular formula is C10H13NO4. The molecule has 0 spiro atoms. The van der Waals surface area contributed by atoms with Gasteiger partial charge in [0.15, 0.2) is 0 Å². The molecule has 0 amide bonds. The number of rotatable bonds is 3. The fourth-order valence-electron chi connectivity index (χ4n) is 1.17. The van der Waals surface area contributed by atoms with Crippen LogP contribution in [-0.4, -0.2) is 27.3 Å². The summed E-state index contributed by atoms with van der Waals surface area (Å²) in [5.74, 6) is 0.348. The van der Waals surface area contributed by atoms with Gasteiger partial charge < -0.3 is 19.9 Å². The van der Waals surface area contributed by atoms with Gasteiger partial charge in [-0.15, -0.1) is 0 Å². The zero-order valence-electron chi connectivity index (χ0n) is 8.87. The fourth-order valence-corrected chi connectivity index (χ4v) is 1.17. The number of methoxy groups -OCH3 is 3. The van der Waals surface area contributed by atoms with Gasteiger partial charge in [-0.05, 0) is 6.07 Å². The van der Waals surface area contributed by atoms with E-state index in [-0.39, 0.29) is 11.3 Å². The van der Waals surface area contributed by atoms with Crippen molar-refractivity contribution in [1.29, 1.82) is 0 Å². The molecule has 0 unspecified atom stereocenters. The number of nitrogen functional groups attached to an aromatic ring is 1. The van der Waals surface area contributed by atoms with Crippen LogP contribution in [0.25, 0.3) is 0 Å². The second-order valence-electron chi connectivity index (χ2n) is 2.78. The largest absolute Gasteiger partial charge is 0.497 e. The van der Waals surface area contributed by atoms with Crippen LogP contribution in [0.4, 0.5) is 5.69 Å². The molecule has 0 saturated heterocycles. The van der Waals surface area contributed by atoms with Gasteiger partial charge in [0.05, 0.1) is 32.6 Å². The van der Waals surface area contributed by atoms with Crippen molar-refractivity contribution < 1.29 is 19.0 Å². The van der Waals surface area contributed by atoms with E-state index in [9.17, 15) is 4.79 Å². The lowest BCUT2D eigenvalue weighted by atomic mass is 10.1. The van der Waals surface area contributed by atoms with E-state index in [4.69, 9.17) is 15.2 Å². The summed E-state index contributed by atoms with van der Waals surface area (Å²) in [5, 5.41) is 0. The van der Waals surface area contributed by atoms with Crippen LogP contribution in [0, 0.1) is 0 Å². The minimum absolute atomic E-state index is 0.230. The summed E-state index contributed by atoms with van der Waals surface area (Å²) in [5.41, 5.74) is 6.18. The molecule has 5 heteroatoms. The first kappa shape index (κ1) is 11.2. The zero-order chi connectivity index (χ0) is 11.4. The normalized spacial score (nSPS) is 9.53. The molecule has 5 nitrogen and oxygen atoms in total. The van der Waals surface area contributed by atoms with E-state index < -0.39 is 5.97 Å². The van der Waals surface area contributed by atoms with Crippen LogP contribution in [0.15, 0.2) is 12.1 Å². The van der Waals surface area contributed by atoms with E-state index >= 15 is 0 Å². The lowest BCUT2D eigenvalue weighted by molar-refractivity contribution is 0.0601. The van der Waals surface area contributed by atoms with E-state index in [1.54, 1.807) is 6.07 Å². The summed E-state index contributed by atoms with van der Waals surface area (Å²) in [4.78, 5) is 11.4. The molecule has 82 valence electrons. The highest BCUT2D eigenvalue weighted by Gasteiger charge is 2.15. The van der Waals surface area contributed by atoms with Crippen molar-refractivity contribution in [2.75, 3.05) is 27.1 Å². The van der Waals surface area contributed by atoms with Crippen LogP contribution >= 0.6 is 0 Å². The Morgan fingerprint density at radius 2 is 1.87 bits per heavy atom. The standard InChI is InChI=1S/C10H13NO4/c1-13-6-4-7(10(12)15-3)9(11)8(5-6)14-2/h4-5H,11H2,1-3H3. The van der Waals surface area contributed by atoms with Gasteiger partial charge in [-0.1, -0.05) is 0 Å². The first-order chi connectivity index (χ1) is 7.13. The number of nitrogens with two attached hydrogens (primary N) is 1. The number of benzene rings is 1. The van der Waals surface area contributed by atoms with Crippen LogP contribution in [0.5, 0.6) is 11.5 Å². The Hall–Kier alpha value is -1.91. The van der Waals surface area contributed by atoms with Gasteiger partial charge in [0.1, 0.15) is 11.5 Å². The minimum Gasteiger partial charge on any atom is -0.497 e. The highest BCUT2D eigenvalue weighted by molar-refractivity contribution is 5.97. The van der Waals surface area contributed by atoms with Crippen molar-refractivity contribution in [3.8, 4) is 11.5 Å². The summed E-state index contributed by atoms with van der Waals surface area (Å²) in [7, 11) is 4.24. The van der Waals surface area contributed by atoms with Crippen molar-refractivity contribution in [1.82, 2.24) is 0 Å². The van der Waals surface area contributed by atoms with Gasteiger partial charge in [-0.3, -0.25) is 0 Å². The highest BCUT2D eigenvalue weighted by atomic mass is 16.5. The molecule has 1 aromatic rings. The van der Waals surface area contributed by atoms with Gasteiger partial charge in [-0.25, -0.2) is 4.79 Å². The first-order valence-electron chi connectivity index (χ1n) is 4.23. The van der Waals surface area contributed by atoms with Crippen molar-refractivity contribution in [2.45, 2.75) is 0 Å². The summed E-state index contributed by atoms with van der Waals surface area (Å²) in [6, 6.07) is 3.10. The molecule has 1 rings (SSSR count). The molecule has 0 fully saturated rings. The third-order valence-corrected chi connectivity index (χ3v) is 1.98. The second kappa shape index (κ2) is 4.54. The predicted octanol–water partition coefficient (Wildman–Crippen LogP) is 1.07. The topological polar surface area (TPSA) is 70.8 Å². The molecule has 0 saturated carbocycles. The van der Waals surface area contributed by atoms with E-state index in [2.05, 4.69) is 4.74 Å². The van der Waals surface area contributed by atoms with Gasteiger partial charge in [0.25, 0.3) is 0 Å². The summed E-state index contributed by atoms with van der Waals surface area (Å²) < 4.78 is 14.6. The maximum Gasteiger partial charge on any atom is 0.340 e. The molecule has 2 N–H and O–H groups in total. The Labute approximate surface area is 87.7 Å². The van der Waals surface area contributed by atoms with E-state index in [1.807, 2.05) is 0 Å². The molecule has 0 aromatic heterocycles. The van der Waals surface area contributed by atoms with E-state index in [1.165, 1.54) is 27.4 Å². The average molecular weight is 211 g/mol. The maximum atomic E-state index is 11.4. The predicted molar refractivity (Wildman–Crippen MR) is 55.3 cm³/mol. The van der Waals surface area contributed by atoms with Gasteiger partial charge in [0, 0.05) is 6.07 Å². The molecule has 0 atom stereocenters. The van der Waals surface area contributed by atoms with Crippen LogP contribution in [-0.2, 0) is 4.74 Å². The minimum atomic E-state index is -0.523. The fraction of sp³-hybridized carbons (Fsp3) is 0.300. The number of anilines is 1. The lowest BCUT2D eigenvalue weighted by Crippen LogP contribution is -2.07. The SMILES string of the molecule is COC(=O)c1cc(OC)cc(OC)c1N. The summed E-state index contributed by atoms with van der Waals surface area (Å²) in [6.45, 7) is 0. The number of hydrogen-bond donors (Lipinski definition) is 1. The van der Waals surface area contributed by atoms with Crippen molar-refractivity contribution in [3.63, 3.8) is 0 Å². The number of hydrogen-bond acceptors (Lipinski definition) is 5. The van der Waals surface area contributed by atoms with Crippen LogP contribution < -0.4 is 15.2 Å². The Morgan fingerprint density at radius 1 is 1.20 bits per heavy atom. The molecule has 0 aliphatic rings. The van der Waals surface area contributed by atoms with Crippen molar-refractivity contribution >= 4 is 11.7 Å². The molecule has 0 heterocycles. The first-order valence-corrected chi connectivity index (χ1v) is 4.23. The third-order valence-electron chi connectivity index (χ3n) is 1.98. The van der Waals surface area contributed by atoms with E-state index in [0.29, 0.717) is 11.5 Å². The van der Waals surface area contributed by atoms with Crippen molar-refractivity contribution in [2.24, 2.45) is 0 Å². The van der Waals surface area contributed by atoms with Crippen LogP contribution in [0.1, 0.15) is 10.4 Å². The van der Waals surface area contributed by atoms with Gasteiger partial charge in [0.2, 0.25) is 0 Å². The Morgan fingerprint density at radius 3 is 2.33 bits per heavy atom. The second-order valence-corrected chi connectivity index (χ2v) is 2.78. The summed E-state index contributed by atoms with van der Waals surface area (Å²) >= 11 is 0. The van der Waals surface area contributed by atoms with E-state index in [0.717, 1.165) is 0 Å². The molecule has 0 bridgehead atoms. The van der Waals surface area contributed by atoms with Gasteiger partial charge >= 0.3 is 5.97 Å². The number of ether oxygens (including phenoxy) is 3. The smallest absolute Gasteiger partial charge is 0.340 e. The maximum absolute atomic E-state index is 11.4. The number of esters is 1. The molecule has 15 heavy (non-hydrogen) atoms. The molecule has 0 aliphatic heterocycles. The number of carbonyl (C=O) groups excluding carboxylic acids is 1. The lowest BCUT2D eigenvalue weighted by Gasteiger charge is -2.10. The van der Waals surface area contributed by atoms with Crippen LogP contribution in [0.3, 0.4) is 0 Å². The Balaban J connectivity index is 3.30. The highest BCUT2D eigenvalue weighted by Crippen LogP contribution is 2.31. The number of carbonyl (C=O) groups is 1. The Bertz CT molecular complexity index is 376. The third kappa shape index (κ3) is 2.12. The van der Waals surface area contributed by atoms with Gasteiger partial charge in [-0.2, -0.15) is 0 Å².